The van der Waals surface area contributed by atoms with Crippen LogP contribution < -0.4 is 16.0 Å². The Hall–Kier alpha value is -3.12. The van der Waals surface area contributed by atoms with Gasteiger partial charge in [0.2, 0.25) is 5.91 Å². The highest BCUT2D eigenvalue weighted by atomic mass is 35.5. The van der Waals surface area contributed by atoms with E-state index in [2.05, 4.69) is 20.9 Å². The van der Waals surface area contributed by atoms with Gasteiger partial charge in [-0.05, 0) is 30.3 Å². The maximum Gasteiger partial charge on any atom is 0.251 e. The van der Waals surface area contributed by atoms with Crippen LogP contribution in [0.25, 0.3) is 10.8 Å². The second kappa shape index (κ2) is 7.84. The van der Waals surface area contributed by atoms with Gasteiger partial charge in [0.05, 0.1) is 17.3 Å². The molecule has 26 heavy (non-hydrogen) atoms. The molecule has 2 aromatic carbocycles. The molecule has 3 aromatic rings. The second-order valence-electron chi connectivity index (χ2n) is 5.59. The van der Waals surface area contributed by atoms with Crippen molar-refractivity contribution in [1.29, 1.82) is 0 Å². The van der Waals surface area contributed by atoms with E-state index in [-0.39, 0.29) is 18.4 Å². The van der Waals surface area contributed by atoms with Gasteiger partial charge in [0.15, 0.2) is 0 Å². The number of nitrogens with zero attached hydrogens (tertiary/aromatic N) is 1. The van der Waals surface area contributed by atoms with Crippen LogP contribution in [0.15, 0.2) is 54.9 Å². The number of halogens is 1. The van der Waals surface area contributed by atoms with Crippen molar-refractivity contribution in [3.05, 3.63) is 65.4 Å². The third-order valence-electron chi connectivity index (χ3n) is 3.83. The van der Waals surface area contributed by atoms with Gasteiger partial charge < -0.3 is 16.0 Å². The number of nitrogens with one attached hydrogen (secondary N) is 3. The predicted octanol–water partition coefficient (Wildman–Crippen LogP) is 3.30. The molecule has 0 aliphatic heterocycles. The van der Waals surface area contributed by atoms with Gasteiger partial charge in [0.1, 0.15) is 0 Å². The van der Waals surface area contributed by atoms with Crippen molar-refractivity contribution in [3.8, 4) is 0 Å². The number of pyridine rings is 1. The number of rotatable bonds is 5. The highest BCUT2D eigenvalue weighted by Gasteiger charge is 2.09. The summed E-state index contributed by atoms with van der Waals surface area (Å²) in [6.45, 7) is 0.0436. The molecule has 6 nitrogen and oxygen atoms in total. The molecule has 0 saturated heterocycles. The van der Waals surface area contributed by atoms with Gasteiger partial charge in [0, 0.05) is 41.5 Å². The van der Waals surface area contributed by atoms with Crippen LogP contribution in [-0.4, -0.2) is 30.4 Å². The molecule has 3 N–H and O–H groups in total. The maximum atomic E-state index is 12.2. The van der Waals surface area contributed by atoms with Crippen molar-refractivity contribution in [2.45, 2.75) is 0 Å². The molecule has 0 radical (unpaired) electrons. The fraction of sp³-hybridized carbons (Fsp3) is 0.105. The first kappa shape index (κ1) is 17.7. The number of amides is 2. The number of aromatic nitrogens is 1. The minimum absolute atomic E-state index is 0.0436. The normalized spacial score (nSPS) is 10.4. The molecule has 0 fully saturated rings. The lowest BCUT2D eigenvalue weighted by Crippen LogP contribution is -2.22. The molecule has 0 saturated carbocycles. The predicted molar refractivity (Wildman–Crippen MR) is 104 cm³/mol. The summed E-state index contributed by atoms with van der Waals surface area (Å²) in [7, 11) is 1.57. The molecule has 3 rings (SSSR count). The summed E-state index contributed by atoms with van der Waals surface area (Å²) in [4.78, 5) is 27.9. The zero-order valence-corrected chi connectivity index (χ0v) is 14.8. The van der Waals surface area contributed by atoms with Gasteiger partial charge in [0.25, 0.3) is 5.91 Å². The maximum absolute atomic E-state index is 12.2. The molecule has 0 aliphatic rings. The summed E-state index contributed by atoms with van der Waals surface area (Å²) < 4.78 is 0. The number of carbonyl (C=O) groups is 2. The molecular weight excluding hydrogens is 352 g/mol. The van der Waals surface area contributed by atoms with Crippen LogP contribution >= 0.6 is 11.6 Å². The number of hydrogen-bond donors (Lipinski definition) is 3. The Morgan fingerprint density at radius 1 is 1.15 bits per heavy atom. The lowest BCUT2D eigenvalue weighted by Gasteiger charge is -2.11. The third kappa shape index (κ3) is 3.92. The van der Waals surface area contributed by atoms with E-state index in [1.54, 1.807) is 55.8 Å². The molecular formula is C19H17ClN4O2. The number of carbonyl (C=O) groups excluding carboxylic acids is 2. The summed E-state index contributed by atoms with van der Waals surface area (Å²) in [5.41, 5.74) is 1.73. The quantitative estimate of drug-likeness (QED) is 0.645. The first-order valence-corrected chi connectivity index (χ1v) is 8.34. The number of anilines is 2. The van der Waals surface area contributed by atoms with Gasteiger partial charge in [-0.25, -0.2) is 0 Å². The largest absolute Gasteiger partial charge is 0.376 e. The summed E-state index contributed by atoms with van der Waals surface area (Å²) in [6, 6.07) is 12.3. The van der Waals surface area contributed by atoms with Crippen LogP contribution in [0.3, 0.4) is 0 Å². The Balaban J connectivity index is 1.66. The Morgan fingerprint density at radius 2 is 2.00 bits per heavy atom. The van der Waals surface area contributed by atoms with Crippen molar-refractivity contribution in [2.24, 2.45) is 0 Å². The van der Waals surface area contributed by atoms with Crippen LogP contribution in [0.4, 0.5) is 11.4 Å². The van der Waals surface area contributed by atoms with E-state index in [1.165, 1.54) is 0 Å². The van der Waals surface area contributed by atoms with Crippen LogP contribution in [0, 0.1) is 0 Å². The summed E-state index contributed by atoms with van der Waals surface area (Å²) >= 11 is 6.37. The van der Waals surface area contributed by atoms with E-state index in [4.69, 9.17) is 11.6 Å². The molecule has 0 atom stereocenters. The van der Waals surface area contributed by atoms with E-state index in [1.807, 2.05) is 6.07 Å². The molecule has 132 valence electrons. The van der Waals surface area contributed by atoms with E-state index in [0.29, 0.717) is 22.0 Å². The molecule has 2 amide bonds. The van der Waals surface area contributed by atoms with E-state index >= 15 is 0 Å². The minimum atomic E-state index is -0.245. The summed E-state index contributed by atoms with van der Waals surface area (Å²) in [6.07, 6.45) is 3.37. The first-order chi connectivity index (χ1) is 12.6. The Morgan fingerprint density at radius 3 is 2.81 bits per heavy atom. The Labute approximate surface area is 155 Å². The SMILES string of the molecule is CNC(=O)c1cccc(NCC(=O)Nc2ccc3cnccc3c2Cl)c1. The highest BCUT2D eigenvalue weighted by molar-refractivity contribution is 6.38. The lowest BCUT2D eigenvalue weighted by atomic mass is 10.1. The zero-order valence-electron chi connectivity index (χ0n) is 14.0. The molecule has 7 heteroatoms. The molecule has 0 unspecified atom stereocenters. The molecule has 0 aliphatic carbocycles. The fourth-order valence-corrected chi connectivity index (χ4v) is 2.80. The third-order valence-corrected chi connectivity index (χ3v) is 4.24. The van der Waals surface area contributed by atoms with Crippen LogP contribution in [0.1, 0.15) is 10.4 Å². The molecule has 1 heterocycles. The smallest absolute Gasteiger partial charge is 0.251 e. The zero-order chi connectivity index (χ0) is 18.5. The Kier molecular flexibility index (Phi) is 5.34. The topological polar surface area (TPSA) is 83.1 Å². The van der Waals surface area contributed by atoms with Gasteiger partial charge in [-0.15, -0.1) is 0 Å². The molecule has 0 bridgehead atoms. The van der Waals surface area contributed by atoms with Crippen LogP contribution in [0.2, 0.25) is 5.02 Å². The van der Waals surface area contributed by atoms with Crippen LogP contribution in [0.5, 0.6) is 0 Å². The lowest BCUT2D eigenvalue weighted by molar-refractivity contribution is -0.114. The number of fused-ring (bicyclic) bond motifs is 1. The highest BCUT2D eigenvalue weighted by Crippen LogP contribution is 2.30. The fourth-order valence-electron chi connectivity index (χ4n) is 2.52. The number of hydrogen-bond acceptors (Lipinski definition) is 4. The summed E-state index contributed by atoms with van der Waals surface area (Å²) in [5, 5.41) is 10.5. The van der Waals surface area contributed by atoms with E-state index in [0.717, 1.165) is 10.8 Å². The van der Waals surface area contributed by atoms with E-state index < -0.39 is 0 Å². The van der Waals surface area contributed by atoms with Gasteiger partial charge in [-0.3, -0.25) is 14.6 Å². The minimum Gasteiger partial charge on any atom is -0.376 e. The monoisotopic (exact) mass is 368 g/mol. The van der Waals surface area contributed by atoms with E-state index in [9.17, 15) is 9.59 Å². The molecule has 0 spiro atoms. The second-order valence-corrected chi connectivity index (χ2v) is 5.96. The number of benzene rings is 2. The van der Waals surface area contributed by atoms with Crippen molar-refractivity contribution < 1.29 is 9.59 Å². The van der Waals surface area contributed by atoms with Crippen LogP contribution in [-0.2, 0) is 4.79 Å². The van der Waals surface area contributed by atoms with Gasteiger partial charge in [-0.2, -0.15) is 0 Å². The Bertz CT molecular complexity index is 975. The standard InChI is InChI=1S/C19H17ClN4O2/c1-21-19(26)12-3-2-4-14(9-12)23-11-17(25)24-16-6-5-13-10-22-8-7-15(13)18(16)20/h2-10,23H,11H2,1H3,(H,21,26)(H,24,25). The van der Waals surface area contributed by atoms with Gasteiger partial charge in [-0.1, -0.05) is 23.7 Å². The van der Waals surface area contributed by atoms with Crippen molar-refractivity contribution in [1.82, 2.24) is 10.3 Å². The average molecular weight is 369 g/mol. The summed E-state index contributed by atoms with van der Waals surface area (Å²) in [5.74, 6) is -0.429. The van der Waals surface area contributed by atoms with Crippen molar-refractivity contribution in [2.75, 3.05) is 24.2 Å². The van der Waals surface area contributed by atoms with Crippen molar-refractivity contribution in [3.63, 3.8) is 0 Å². The molecule has 1 aromatic heterocycles. The average Bonchev–Trinajstić information content (AvgIpc) is 2.68. The van der Waals surface area contributed by atoms with Crippen molar-refractivity contribution >= 4 is 45.6 Å². The first-order valence-electron chi connectivity index (χ1n) is 7.96. The van der Waals surface area contributed by atoms with Gasteiger partial charge >= 0.3 is 0 Å².